The number of hydrogen-bond acceptors (Lipinski definition) is 4. The van der Waals surface area contributed by atoms with Crippen LogP contribution in [0.4, 0.5) is 5.69 Å². The molecule has 1 aromatic carbocycles. The molecule has 0 bridgehead atoms. The summed E-state index contributed by atoms with van der Waals surface area (Å²) in [4.78, 5) is 12.1. The molecule has 1 aliphatic rings. The molecule has 2 N–H and O–H groups in total. The van der Waals surface area contributed by atoms with Crippen molar-refractivity contribution in [2.45, 2.75) is 38.6 Å². The number of benzene rings is 1. The van der Waals surface area contributed by atoms with E-state index in [4.69, 9.17) is 4.42 Å². The Morgan fingerprint density at radius 1 is 1.23 bits per heavy atom. The topological polar surface area (TPSA) is 88.4 Å². The first-order chi connectivity index (χ1) is 12.3. The van der Waals surface area contributed by atoms with Gasteiger partial charge in [0, 0.05) is 25.3 Å². The summed E-state index contributed by atoms with van der Waals surface area (Å²) < 4.78 is 31.1. The Hall–Kier alpha value is -2.28. The van der Waals surface area contributed by atoms with Crippen LogP contribution >= 0.6 is 0 Å². The first kappa shape index (κ1) is 18.5. The molecule has 1 amide bonds. The maximum atomic E-state index is 12.1. The molecule has 0 saturated heterocycles. The van der Waals surface area contributed by atoms with Crippen LogP contribution in [0, 0.1) is 5.92 Å². The van der Waals surface area contributed by atoms with Crippen molar-refractivity contribution in [3.05, 3.63) is 53.5 Å². The van der Waals surface area contributed by atoms with Crippen LogP contribution in [0.2, 0.25) is 0 Å². The summed E-state index contributed by atoms with van der Waals surface area (Å²) >= 11 is 0. The fraction of sp³-hybridized carbons (Fsp3) is 0.421. The summed E-state index contributed by atoms with van der Waals surface area (Å²) in [5.74, 6) is 2.98. The van der Waals surface area contributed by atoms with Crippen LogP contribution in [0.15, 0.2) is 40.8 Å². The van der Waals surface area contributed by atoms with Gasteiger partial charge in [-0.05, 0) is 36.1 Å². The number of rotatable bonds is 8. The van der Waals surface area contributed by atoms with E-state index in [1.807, 2.05) is 12.1 Å². The van der Waals surface area contributed by atoms with E-state index in [9.17, 15) is 13.2 Å². The zero-order valence-corrected chi connectivity index (χ0v) is 15.8. The van der Waals surface area contributed by atoms with Crippen LogP contribution in [0.1, 0.15) is 42.8 Å². The van der Waals surface area contributed by atoms with Gasteiger partial charge in [-0.25, -0.2) is 8.42 Å². The average molecular weight is 376 g/mol. The molecule has 2 unspecified atom stereocenters. The lowest BCUT2D eigenvalue weighted by Crippen LogP contribution is -2.24. The lowest BCUT2D eigenvalue weighted by Gasteiger charge is -2.11. The van der Waals surface area contributed by atoms with E-state index in [1.165, 1.54) is 6.42 Å². The molecule has 140 valence electrons. The number of sulfonamides is 1. The van der Waals surface area contributed by atoms with Gasteiger partial charge in [-0.2, -0.15) is 0 Å². The maximum absolute atomic E-state index is 12.1. The number of furan rings is 1. The van der Waals surface area contributed by atoms with Crippen molar-refractivity contribution in [3.63, 3.8) is 0 Å². The SMILES string of the molecule is CC1CC1c1ccc(CCC(=O)NCc2ccccc2NS(C)(=O)=O)o1. The lowest BCUT2D eigenvalue weighted by atomic mass is 10.2. The number of carbonyl (C=O) groups excluding carboxylic acids is 1. The molecule has 1 heterocycles. The van der Waals surface area contributed by atoms with Crippen molar-refractivity contribution in [1.82, 2.24) is 5.32 Å². The van der Waals surface area contributed by atoms with Crippen LogP contribution in [0.25, 0.3) is 0 Å². The first-order valence-electron chi connectivity index (χ1n) is 8.73. The van der Waals surface area contributed by atoms with Gasteiger partial charge >= 0.3 is 0 Å². The van der Waals surface area contributed by atoms with Crippen molar-refractivity contribution < 1.29 is 17.6 Å². The highest BCUT2D eigenvalue weighted by Crippen LogP contribution is 2.47. The van der Waals surface area contributed by atoms with Crippen molar-refractivity contribution in [3.8, 4) is 0 Å². The van der Waals surface area contributed by atoms with E-state index in [1.54, 1.807) is 24.3 Å². The molecule has 1 aliphatic carbocycles. The molecule has 7 heteroatoms. The van der Waals surface area contributed by atoms with E-state index < -0.39 is 10.0 Å². The molecular weight excluding hydrogens is 352 g/mol. The largest absolute Gasteiger partial charge is 0.466 e. The van der Waals surface area contributed by atoms with Crippen LogP contribution < -0.4 is 10.0 Å². The fourth-order valence-corrected chi connectivity index (χ4v) is 3.54. The van der Waals surface area contributed by atoms with Crippen molar-refractivity contribution in [2.24, 2.45) is 5.92 Å². The van der Waals surface area contributed by atoms with Crippen LogP contribution in [0.5, 0.6) is 0 Å². The lowest BCUT2D eigenvalue weighted by molar-refractivity contribution is -0.121. The van der Waals surface area contributed by atoms with Gasteiger partial charge in [-0.15, -0.1) is 0 Å². The fourth-order valence-electron chi connectivity index (χ4n) is 2.94. The number of hydrogen-bond donors (Lipinski definition) is 2. The predicted molar refractivity (Wildman–Crippen MR) is 100 cm³/mol. The number of carbonyl (C=O) groups is 1. The molecule has 3 rings (SSSR count). The van der Waals surface area contributed by atoms with E-state index in [0.717, 1.165) is 17.8 Å². The zero-order chi connectivity index (χ0) is 18.7. The average Bonchev–Trinajstić information content (AvgIpc) is 3.12. The van der Waals surface area contributed by atoms with E-state index in [-0.39, 0.29) is 12.5 Å². The minimum absolute atomic E-state index is 0.100. The molecule has 1 aromatic heterocycles. The van der Waals surface area contributed by atoms with Gasteiger partial charge in [0.15, 0.2) is 0 Å². The molecular formula is C19H24N2O4S. The Bertz CT molecular complexity index is 888. The van der Waals surface area contributed by atoms with Crippen LogP contribution in [0.3, 0.4) is 0 Å². The molecule has 0 radical (unpaired) electrons. The van der Waals surface area contributed by atoms with Gasteiger partial charge in [0.2, 0.25) is 15.9 Å². The molecule has 1 fully saturated rings. The third-order valence-electron chi connectivity index (χ3n) is 4.54. The van der Waals surface area contributed by atoms with Gasteiger partial charge in [0.05, 0.1) is 11.9 Å². The van der Waals surface area contributed by atoms with Gasteiger partial charge in [-0.1, -0.05) is 25.1 Å². The molecule has 6 nitrogen and oxygen atoms in total. The minimum atomic E-state index is -3.36. The van der Waals surface area contributed by atoms with Gasteiger partial charge in [-0.3, -0.25) is 9.52 Å². The van der Waals surface area contributed by atoms with Gasteiger partial charge in [0.1, 0.15) is 11.5 Å². The Labute approximate surface area is 154 Å². The molecule has 0 spiro atoms. The van der Waals surface area contributed by atoms with Crippen molar-refractivity contribution in [1.29, 1.82) is 0 Å². The smallest absolute Gasteiger partial charge is 0.229 e. The highest BCUT2D eigenvalue weighted by atomic mass is 32.2. The van der Waals surface area contributed by atoms with Crippen molar-refractivity contribution >= 4 is 21.6 Å². The van der Waals surface area contributed by atoms with E-state index in [0.29, 0.717) is 35.9 Å². The maximum Gasteiger partial charge on any atom is 0.229 e. The first-order valence-corrected chi connectivity index (χ1v) is 10.6. The highest BCUT2D eigenvalue weighted by molar-refractivity contribution is 7.92. The molecule has 0 aliphatic heterocycles. The third kappa shape index (κ3) is 5.11. The number of amides is 1. The van der Waals surface area contributed by atoms with E-state index in [2.05, 4.69) is 17.0 Å². The number of para-hydroxylation sites is 1. The Kier molecular flexibility index (Phi) is 5.36. The zero-order valence-electron chi connectivity index (χ0n) is 15.0. The molecule has 2 aromatic rings. The molecule has 1 saturated carbocycles. The van der Waals surface area contributed by atoms with Gasteiger partial charge < -0.3 is 9.73 Å². The molecule has 26 heavy (non-hydrogen) atoms. The summed E-state index contributed by atoms with van der Waals surface area (Å²) in [6, 6.07) is 11.0. The van der Waals surface area contributed by atoms with E-state index >= 15 is 0 Å². The number of aryl methyl sites for hydroxylation is 1. The summed E-state index contributed by atoms with van der Waals surface area (Å²) in [6.07, 6.45) is 3.15. The second-order valence-electron chi connectivity index (χ2n) is 6.93. The summed E-state index contributed by atoms with van der Waals surface area (Å²) in [5, 5.41) is 2.83. The molecule has 2 atom stereocenters. The standard InChI is InChI=1S/C19H24N2O4S/c1-13-11-16(13)18-9-7-15(25-18)8-10-19(22)20-12-14-5-3-4-6-17(14)21-26(2,23)24/h3-7,9,13,16,21H,8,10-12H2,1-2H3,(H,20,22). The second-order valence-corrected chi connectivity index (χ2v) is 8.68. The van der Waals surface area contributed by atoms with Gasteiger partial charge in [0.25, 0.3) is 0 Å². The summed E-state index contributed by atoms with van der Waals surface area (Å²) in [5.41, 5.74) is 1.19. The summed E-state index contributed by atoms with van der Waals surface area (Å²) in [6.45, 7) is 2.47. The normalized spacial score (nSPS) is 19.2. The minimum Gasteiger partial charge on any atom is -0.466 e. The second kappa shape index (κ2) is 7.53. The Morgan fingerprint density at radius 2 is 1.96 bits per heavy atom. The summed E-state index contributed by atoms with van der Waals surface area (Å²) in [7, 11) is -3.36. The van der Waals surface area contributed by atoms with Crippen molar-refractivity contribution in [2.75, 3.05) is 11.0 Å². The monoisotopic (exact) mass is 376 g/mol. The third-order valence-corrected chi connectivity index (χ3v) is 5.14. The quantitative estimate of drug-likeness (QED) is 0.741. The number of anilines is 1. The number of nitrogens with one attached hydrogen (secondary N) is 2. The van der Waals surface area contributed by atoms with Crippen LogP contribution in [-0.2, 0) is 27.8 Å². The Morgan fingerprint density at radius 3 is 2.65 bits per heavy atom. The van der Waals surface area contributed by atoms with Crippen LogP contribution in [-0.4, -0.2) is 20.6 Å². The predicted octanol–water partition coefficient (Wildman–Crippen LogP) is 3.02. The Balaban J connectivity index is 1.49. The highest BCUT2D eigenvalue weighted by Gasteiger charge is 2.36.